The van der Waals surface area contributed by atoms with Gasteiger partial charge in [0.15, 0.2) is 5.13 Å². The lowest BCUT2D eigenvalue weighted by Gasteiger charge is -2.18. The van der Waals surface area contributed by atoms with E-state index in [4.69, 9.17) is 0 Å². The topological polar surface area (TPSA) is 107 Å². The first-order chi connectivity index (χ1) is 13.6. The highest BCUT2D eigenvalue weighted by Gasteiger charge is 2.15. The maximum absolute atomic E-state index is 12.2. The number of nitrogens with zero attached hydrogens (tertiary/aromatic N) is 3. The fraction of sp³-hybridized carbons (Fsp3) is 0.250. The number of hydrogen-bond acceptors (Lipinski definition) is 6. The van der Waals surface area contributed by atoms with Crippen LogP contribution in [0.15, 0.2) is 52.8 Å². The van der Waals surface area contributed by atoms with Gasteiger partial charge in [-0.05, 0) is 11.0 Å². The van der Waals surface area contributed by atoms with Crippen LogP contribution in [-0.2, 0) is 16.8 Å². The molecule has 2 heterocycles. The molecule has 3 aromatic rings. The van der Waals surface area contributed by atoms with Crippen LogP contribution in [0.25, 0.3) is 11.3 Å². The summed E-state index contributed by atoms with van der Waals surface area (Å²) >= 11 is 1.27. The second-order valence-corrected chi connectivity index (χ2v) is 8.38. The van der Waals surface area contributed by atoms with Gasteiger partial charge in [0.05, 0.1) is 16.8 Å². The molecule has 0 unspecified atom stereocenters. The lowest BCUT2D eigenvalue weighted by Crippen LogP contribution is -2.26. The van der Waals surface area contributed by atoms with Gasteiger partial charge in [0, 0.05) is 23.1 Å². The van der Waals surface area contributed by atoms with E-state index in [1.807, 2.05) is 17.5 Å². The summed E-state index contributed by atoms with van der Waals surface area (Å²) in [5.74, 6) is -0.489. The zero-order valence-corrected chi connectivity index (χ0v) is 17.0. The molecule has 0 aliphatic heterocycles. The van der Waals surface area contributed by atoms with Crippen LogP contribution in [0.2, 0.25) is 0 Å². The summed E-state index contributed by atoms with van der Waals surface area (Å²) in [6.45, 7) is 6.09. The molecule has 0 spiro atoms. The first-order valence-electron chi connectivity index (χ1n) is 8.85. The Balaban J connectivity index is 1.70. The number of nitrogens with one attached hydrogen (secondary N) is 1. The molecule has 0 radical (unpaired) electrons. The zero-order valence-electron chi connectivity index (χ0n) is 16.2. The minimum Gasteiger partial charge on any atom is -0.300 e. The van der Waals surface area contributed by atoms with E-state index in [0.717, 1.165) is 34.2 Å². The first kappa shape index (κ1) is 20.4. The Hall–Kier alpha value is -3.33. The molecule has 0 saturated heterocycles. The quantitative estimate of drug-likeness (QED) is 0.506. The number of nitro groups is 1. The van der Waals surface area contributed by atoms with Crippen molar-refractivity contribution in [3.05, 3.63) is 74.0 Å². The fourth-order valence-electron chi connectivity index (χ4n) is 2.67. The smallest absolute Gasteiger partial charge is 0.285 e. The summed E-state index contributed by atoms with van der Waals surface area (Å²) in [6, 6.07) is 10.3. The van der Waals surface area contributed by atoms with Gasteiger partial charge >= 0.3 is 0 Å². The van der Waals surface area contributed by atoms with Crippen molar-refractivity contribution in [3.63, 3.8) is 0 Å². The van der Waals surface area contributed by atoms with Crippen LogP contribution in [0.3, 0.4) is 0 Å². The van der Waals surface area contributed by atoms with Gasteiger partial charge in [-0.15, -0.1) is 11.3 Å². The van der Waals surface area contributed by atoms with Crippen LogP contribution >= 0.6 is 11.3 Å². The summed E-state index contributed by atoms with van der Waals surface area (Å²) in [6.07, 6.45) is 1.05. The van der Waals surface area contributed by atoms with E-state index in [1.165, 1.54) is 16.9 Å². The number of thiazole rings is 1. The molecule has 9 heteroatoms. The minimum absolute atomic E-state index is 0.0599. The van der Waals surface area contributed by atoms with E-state index in [0.29, 0.717) is 5.13 Å². The number of amides is 1. The van der Waals surface area contributed by atoms with E-state index in [9.17, 15) is 19.7 Å². The summed E-state index contributed by atoms with van der Waals surface area (Å²) in [5, 5.41) is 15.7. The van der Waals surface area contributed by atoms with Crippen LogP contribution in [-0.4, -0.2) is 20.4 Å². The Morgan fingerprint density at radius 2 is 1.90 bits per heavy atom. The van der Waals surface area contributed by atoms with Gasteiger partial charge in [-0.2, -0.15) is 0 Å². The predicted molar refractivity (Wildman–Crippen MR) is 112 cm³/mol. The van der Waals surface area contributed by atoms with Crippen molar-refractivity contribution < 1.29 is 9.72 Å². The maximum atomic E-state index is 12.2. The normalized spacial score (nSPS) is 11.3. The highest BCUT2D eigenvalue weighted by molar-refractivity contribution is 7.14. The van der Waals surface area contributed by atoms with Gasteiger partial charge in [-0.25, -0.2) is 4.98 Å². The third-order valence-corrected chi connectivity index (χ3v) is 5.05. The molecule has 1 amide bonds. The molecule has 150 valence electrons. The Kier molecular flexibility index (Phi) is 5.60. The average molecular weight is 412 g/mol. The molecule has 0 atom stereocenters. The van der Waals surface area contributed by atoms with E-state index >= 15 is 0 Å². The monoisotopic (exact) mass is 412 g/mol. The number of benzene rings is 1. The second-order valence-electron chi connectivity index (χ2n) is 7.52. The number of pyridine rings is 1. The molecule has 0 bridgehead atoms. The Morgan fingerprint density at radius 1 is 1.21 bits per heavy atom. The number of carbonyl (C=O) groups excluding carboxylic acids is 1. The molecule has 0 fully saturated rings. The summed E-state index contributed by atoms with van der Waals surface area (Å²) in [5.41, 5.74) is 2.19. The van der Waals surface area contributed by atoms with Crippen molar-refractivity contribution in [2.75, 3.05) is 5.32 Å². The van der Waals surface area contributed by atoms with Crippen LogP contribution in [0.4, 0.5) is 10.8 Å². The lowest BCUT2D eigenvalue weighted by atomic mass is 9.86. The van der Waals surface area contributed by atoms with Crippen molar-refractivity contribution in [3.8, 4) is 11.3 Å². The Morgan fingerprint density at radius 3 is 2.52 bits per heavy atom. The molecule has 8 nitrogen and oxygen atoms in total. The summed E-state index contributed by atoms with van der Waals surface area (Å²) < 4.78 is 0.993. The first-order valence-corrected chi connectivity index (χ1v) is 9.72. The second kappa shape index (κ2) is 7.96. The third kappa shape index (κ3) is 4.94. The van der Waals surface area contributed by atoms with E-state index in [1.54, 1.807) is 0 Å². The molecule has 0 saturated carbocycles. The molecule has 1 aromatic carbocycles. The SMILES string of the molecule is CC(C)(C)c1ccc(-c2csc(NC(=O)Cn3cc([N+](=O)[O-])ccc3=O)n2)cc1. The van der Waals surface area contributed by atoms with Crippen molar-refractivity contribution in [2.45, 2.75) is 32.7 Å². The van der Waals surface area contributed by atoms with Gasteiger partial charge in [0.25, 0.3) is 11.2 Å². The number of anilines is 1. The number of hydrogen-bond donors (Lipinski definition) is 1. The van der Waals surface area contributed by atoms with Crippen molar-refractivity contribution in [1.82, 2.24) is 9.55 Å². The third-order valence-electron chi connectivity index (χ3n) is 4.29. The Bertz CT molecular complexity index is 1110. The maximum Gasteiger partial charge on any atom is 0.285 e. The molecule has 0 aliphatic carbocycles. The molecule has 29 heavy (non-hydrogen) atoms. The molecule has 0 aliphatic rings. The Labute approximate surface area is 171 Å². The van der Waals surface area contributed by atoms with Gasteiger partial charge in [0.2, 0.25) is 5.91 Å². The number of aromatic nitrogens is 2. The van der Waals surface area contributed by atoms with E-state index in [-0.39, 0.29) is 17.6 Å². The van der Waals surface area contributed by atoms with E-state index in [2.05, 4.69) is 43.2 Å². The number of rotatable bonds is 5. The summed E-state index contributed by atoms with van der Waals surface area (Å²) in [7, 11) is 0. The van der Waals surface area contributed by atoms with Crippen LogP contribution in [0.1, 0.15) is 26.3 Å². The van der Waals surface area contributed by atoms with Gasteiger partial charge in [-0.1, -0.05) is 45.0 Å². The largest absolute Gasteiger partial charge is 0.300 e. The average Bonchev–Trinajstić information content (AvgIpc) is 3.11. The van der Waals surface area contributed by atoms with Crippen LogP contribution in [0, 0.1) is 10.1 Å². The molecule has 2 aromatic heterocycles. The lowest BCUT2D eigenvalue weighted by molar-refractivity contribution is -0.385. The van der Waals surface area contributed by atoms with Crippen molar-refractivity contribution in [1.29, 1.82) is 0 Å². The van der Waals surface area contributed by atoms with Gasteiger partial charge in [-0.3, -0.25) is 24.3 Å². The zero-order chi connectivity index (χ0) is 21.2. The van der Waals surface area contributed by atoms with Crippen molar-refractivity contribution >= 4 is 28.1 Å². The standard InChI is InChI=1S/C20H20N4O4S/c1-20(2,3)14-6-4-13(5-7-14)16-12-29-19(21-16)22-17(25)11-23-10-15(24(27)28)8-9-18(23)26/h4-10,12H,11H2,1-3H3,(H,21,22,25). The van der Waals surface area contributed by atoms with Crippen LogP contribution < -0.4 is 10.9 Å². The minimum atomic E-state index is -0.619. The number of carbonyl (C=O) groups is 1. The van der Waals surface area contributed by atoms with Gasteiger partial charge in [0.1, 0.15) is 6.54 Å². The predicted octanol–water partition coefficient (Wildman–Crippen LogP) is 3.82. The fourth-order valence-corrected chi connectivity index (χ4v) is 3.40. The van der Waals surface area contributed by atoms with Crippen LogP contribution in [0.5, 0.6) is 0 Å². The molecule has 3 rings (SSSR count). The highest BCUT2D eigenvalue weighted by Crippen LogP contribution is 2.28. The van der Waals surface area contributed by atoms with Gasteiger partial charge < -0.3 is 5.32 Å². The van der Waals surface area contributed by atoms with Crippen molar-refractivity contribution in [2.24, 2.45) is 0 Å². The molecule has 1 N–H and O–H groups in total. The summed E-state index contributed by atoms with van der Waals surface area (Å²) in [4.78, 5) is 38.7. The molecular weight excluding hydrogens is 392 g/mol. The van der Waals surface area contributed by atoms with E-state index < -0.39 is 16.4 Å². The highest BCUT2D eigenvalue weighted by atomic mass is 32.1. The molecular formula is C20H20N4O4S.